The molecule has 9 nitrogen and oxygen atoms in total. The minimum atomic E-state index is -3.47. The Morgan fingerprint density at radius 3 is 2.53 bits per heavy atom. The van der Waals surface area contributed by atoms with Crippen molar-refractivity contribution in [3.05, 3.63) is 54.1 Å². The van der Waals surface area contributed by atoms with Crippen molar-refractivity contribution in [1.82, 2.24) is 14.6 Å². The van der Waals surface area contributed by atoms with Gasteiger partial charge >= 0.3 is 0 Å². The van der Waals surface area contributed by atoms with Crippen LogP contribution in [-0.2, 0) is 14.8 Å². The van der Waals surface area contributed by atoms with E-state index in [0.717, 1.165) is 5.56 Å². The first-order valence-corrected chi connectivity index (χ1v) is 12.5. The number of aromatic nitrogens is 1. The number of morpholine rings is 1. The van der Waals surface area contributed by atoms with Gasteiger partial charge in [0.1, 0.15) is 0 Å². The van der Waals surface area contributed by atoms with Crippen LogP contribution in [0.1, 0.15) is 10.4 Å². The number of fused-ring (bicyclic) bond motifs is 1. The van der Waals surface area contributed by atoms with Crippen molar-refractivity contribution in [2.75, 3.05) is 52.8 Å². The first-order chi connectivity index (χ1) is 16.4. The third kappa shape index (κ3) is 5.14. The van der Waals surface area contributed by atoms with Crippen LogP contribution in [0.3, 0.4) is 0 Å². The largest absolute Gasteiger partial charge is 0.493 e. The second-order valence-electron chi connectivity index (χ2n) is 7.73. The number of ether oxygens (including phenoxy) is 3. The van der Waals surface area contributed by atoms with Gasteiger partial charge in [0.2, 0.25) is 10.0 Å². The maximum absolute atomic E-state index is 13.1. The summed E-state index contributed by atoms with van der Waals surface area (Å²) in [6, 6.07) is 14.5. The van der Waals surface area contributed by atoms with E-state index in [2.05, 4.69) is 5.32 Å². The van der Waals surface area contributed by atoms with Gasteiger partial charge in [-0.3, -0.25) is 4.79 Å². The topological polar surface area (TPSA) is 107 Å². The Morgan fingerprint density at radius 1 is 1.06 bits per heavy atom. The average Bonchev–Trinajstić information content (AvgIpc) is 2.87. The van der Waals surface area contributed by atoms with Gasteiger partial charge in [-0.2, -0.15) is 4.31 Å². The van der Waals surface area contributed by atoms with Crippen LogP contribution in [0.25, 0.3) is 22.2 Å². The predicted molar refractivity (Wildman–Crippen MR) is 129 cm³/mol. The van der Waals surface area contributed by atoms with Gasteiger partial charge in [-0.25, -0.2) is 13.4 Å². The average molecular weight is 486 g/mol. The smallest absolute Gasteiger partial charge is 0.252 e. The van der Waals surface area contributed by atoms with E-state index in [1.54, 1.807) is 32.4 Å². The first kappa shape index (κ1) is 23.9. The van der Waals surface area contributed by atoms with Crippen LogP contribution in [0.15, 0.2) is 48.5 Å². The van der Waals surface area contributed by atoms with E-state index in [0.29, 0.717) is 60.0 Å². The highest BCUT2D eigenvalue weighted by Gasteiger charge is 2.24. The fourth-order valence-corrected chi connectivity index (χ4v) is 5.17. The van der Waals surface area contributed by atoms with E-state index >= 15 is 0 Å². The standard InChI is InChI=1S/C24H27N3O6S/c1-31-22-8-7-17(15-23(22)32-2)21-16-19(18-5-3-4-6-20(18)26-21)24(28)25-9-14-34(29,30)27-10-12-33-13-11-27/h3-8,15-16H,9-14H2,1-2H3,(H,25,28). The van der Waals surface area contributed by atoms with E-state index in [1.807, 2.05) is 30.3 Å². The van der Waals surface area contributed by atoms with E-state index in [9.17, 15) is 13.2 Å². The molecule has 0 spiro atoms. The Balaban J connectivity index is 1.58. The van der Waals surface area contributed by atoms with Crippen molar-refractivity contribution in [1.29, 1.82) is 0 Å². The van der Waals surface area contributed by atoms with E-state index in [1.165, 1.54) is 4.31 Å². The van der Waals surface area contributed by atoms with E-state index < -0.39 is 10.0 Å². The van der Waals surface area contributed by atoms with Crippen LogP contribution in [0, 0.1) is 0 Å². The van der Waals surface area contributed by atoms with Gasteiger partial charge in [-0.05, 0) is 30.3 Å². The Labute approximate surface area is 198 Å². The summed E-state index contributed by atoms with van der Waals surface area (Å²) in [5, 5.41) is 3.44. The minimum Gasteiger partial charge on any atom is -0.493 e. The molecular formula is C24H27N3O6S. The summed E-state index contributed by atoms with van der Waals surface area (Å²) in [5.41, 5.74) is 2.41. The number of benzene rings is 2. The third-order valence-electron chi connectivity index (χ3n) is 5.65. The normalized spacial score (nSPS) is 14.6. The monoisotopic (exact) mass is 485 g/mol. The number of carbonyl (C=O) groups excluding carboxylic acids is 1. The van der Waals surface area contributed by atoms with E-state index in [-0.39, 0.29) is 18.2 Å². The molecule has 0 radical (unpaired) electrons. The zero-order valence-electron chi connectivity index (χ0n) is 19.1. The van der Waals surface area contributed by atoms with Crippen LogP contribution >= 0.6 is 0 Å². The molecule has 4 rings (SSSR count). The highest BCUT2D eigenvalue weighted by Crippen LogP contribution is 2.33. The molecule has 10 heteroatoms. The van der Waals surface area contributed by atoms with Crippen LogP contribution in [-0.4, -0.2) is 76.4 Å². The number of carbonyl (C=O) groups is 1. The molecule has 1 aliphatic heterocycles. The summed E-state index contributed by atoms with van der Waals surface area (Å²) in [6.07, 6.45) is 0. The fraction of sp³-hybridized carbons (Fsp3) is 0.333. The molecule has 1 fully saturated rings. The number of methoxy groups -OCH3 is 2. The Hall–Kier alpha value is -3.21. The van der Waals surface area contributed by atoms with Gasteiger partial charge in [0.15, 0.2) is 11.5 Å². The number of pyridine rings is 1. The SMILES string of the molecule is COc1ccc(-c2cc(C(=O)NCCS(=O)(=O)N3CCOCC3)c3ccccc3n2)cc1OC. The van der Waals surface area contributed by atoms with Crippen LogP contribution < -0.4 is 14.8 Å². The molecule has 1 N–H and O–H groups in total. The zero-order valence-corrected chi connectivity index (χ0v) is 19.9. The lowest BCUT2D eigenvalue weighted by Crippen LogP contribution is -2.43. The molecule has 1 aliphatic rings. The number of nitrogens with one attached hydrogen (secondary N) is 1. The number of hydrogen-bond donors (Lipinski definition) is 1. The minimum absolute atomic E-state index is 0.000859. The van der Waals surface area contributed by atoms with Crippen molar-refractivity contribution in [3.63, 3.8) is 0 Å². The molecule has 0 unspecified atom stereocenters. The molecule has 0 aliphatic carbocycles. The molecule has 2 aromatic carbocycles. The lowest BCUT2D eigenvalue weighted by Gasteiger charge is -2.26. The molecule has 180 valence electrons. The van der Waals surface area contributed by atoms with Crippen molar-refractivity contribution < 1.29 is 27.4 Å². The second-order valence-corrected chi connectivity index (χ2v) is 9.81. The maximum Gasteiger partial charge on any atom is 0.252 e. The Kier molecular flexibility index (Phi) is 7.30. The Bertz CT molecular complexity index is 1290. The summed E-state index contributed by atoms with van der Waals surface area (Å²) in [7, 11) is -0.351. The summed E-state index contributed by atoms with van der Waals surface area (Å²) in [4.78, 5) is 17.8. The molecule has 34 heavy (non-hydrogen) atoms. The summed E-state index contributed by atoms with van der Waals surface area (Å²) in [5.74, 6) is 0.600. The van der Waals surface area contributed by atoms with Crippen molar-refractivity contribution >= 4 is 26.8 Å². The van der Waals surface area contributed by atoms with Crippen LogP contribution in [0.5, 0.6) is 11.5 Å². The van der Waals surface area contributed by atoms with Gasteiger partial charge in [0.05, 0.1) is 50.0 Å². The highest BCUT2D eigenvalue weighted by atomic mass is 32.2. The number of para-hydroxylation sites is 1. The number of nitrogens with zero attached hydrogens (tertiary/aromatic N) is 2. The van der Waals surface area contributed by atoms with Crippen molar-refractivity contribution in [3.8, 4) is 22.8 Å². The predicted octanol–water partition coefficient (Wildman–Crippen LogP) is 2.31. The molecule has 0 saturated carbocycles. The molecule has 3 aromatic rings. The number of sulfonamides is 1. The van der Waals surface area contributed by atoms with Gasteiger partial charge in [0, 0.05) is 30.6 Å². The van der Waals surface area contributed by atoms with Gasteiger partial charge in [0.25, 0.3) is 5.91 Å². The lowest BCUT2D eigenvalue weighted by molar-refractivity contribution is 0.0730. The maximum atomic E-state index is 13.1. The molecule has 2 heterocycles. The first-order valence-electron chi connectivity index (χ1n) is 10.9. The summed E-state index contributed by atoms with van der Waals surface area (Å²) in [6.45, 7) is 1.43. The highest BCUT2D eigenvalue weighted by molar-refractivity contribution is 7.89. The van der Waals surface area contributed by atoms with Gasteiger partial charge in [-0.15, -0.1) is 0 Å². The van der Waals surface area contributed by atoms with Crippen LogP contribution in [0.4, 0.5) is 0 Å². The van der Waals surface area contributed by atoms with E-state index in [4.69, 9.17) is 19.2 Å². The van der Waals surface area contributed by atoms with Crippen LogP contribution in [0.2, 0.25) is 0 Å². The number of hydrogen-bond acceptors (Lipinski definition) is 7. The quantitative estimate of drug-likeness (QED) is 0.522. The number of rotatable bonds is 8. The lowest BCUT2D eigenvalue weighted by atomic mass is 10.0. The Morgan fingerprint density at radius 2 is 1.79 bits per heavy atom. The molecule has 0 bridgehead atoms. The summed E-state index contributed by atoms with van der Waals surface area (Å²) >= 11 is 0. The molecular weight excluding hydrogens is 458 g/mol. The molecule has 1 saturated heterocycles. The summed E-state index contributed by atoms with van der Waals surface area (Å²) < 4.78 is 42.4. The molecule has 1 amide bonds. The van der Waals surface area contributed by atoms with Gasteiger partial charge in [-0.1, -0.05) is 18.2 Å². The molecule has 0 atom stereocenters. The number of amides is 1. The van der Waals surface area contributed by atoms with Gasteiger partial charge < -0.3 is 19.5 Å². The fourth-order valence-electron chi connectivity index (χ4n) is 3.85. The van der Waals surface area contributed by atoms with Crippen molar-refractivity contribution in [2.45, 2.75) is 0 Å². The third-order valence-corrected chi connectivity index (χ3v) is 7.52. The second kappa shape index (κ2) is 10.4. The zero-order chi connectivity index (χ0) is 24.1. The molecule has 1 aromatic heterocycles. The van der Waals surface area contributed by atoms with Crippen molar-refractivity contribution in [2.24, 2.45) is 0 Å².